The van der Waals surface area contributed by atoms with Crippen LogP contribution in [-0.2, 0) is 4.74 Å². The van der Waals surface area contributed by atoms with Crippen LogP contribution in [0.2, 0.25) is 0 Å². The van der Waals surface area contributed by atoms with Crippen molar-refractivity contribution in [3.05, 3.63) is 0 Å². The summed E-state index contributed by atoms with van der Waals surface area (Å²) in [4.78, 5) is 0. The van der Waals surface area contributed by atoms with Crippen molar-refractivity contribution in [1.29, 1.82) is 0 Å². The van der Waals surface area contributed by atoms with Crippen molar-refractivity contribution < 1.29 is 4.74 Å². The molecule has 1 rings (SSSR count). The maximum Gasteiger partial charge on any atom is 0.166 e. The van der Waals surface area contributed by atoms with Crippen LogP contribution in [0.3, 0.4) is 0 Å². The topological polar surface area (TPSA) is 33.3 Å². The predicted octanol–water partition coefficient (Wildman–Crippen LogP) is 1.04. The molecule has 0 unspecified atom stereocenters. The summed E-state index contributed by atoms with van der Waals surface area (Å²) in [6, 6.07) is 0.393. The Bertz CT molecular complexity index is 167. The molecule has 0 aromatic heterocycles. The minimum absolute atomic E-state index is 0.354. The summed E-state index contributed by atoms with van der Waals surface area (Å²) in [7, 11) is 0. The average molecular weight is 202 g/mol. The zero-order valence-corrected chi connectivity index (χ0v) is 9.12. The smallest absolute Gasteiger partial charge is 0.166 e. The van der Waals surface area contributed by atoms with Crippen molar-refractivity contribution in [3.63, 3.8) is 0 Å². The first-order valence-electron chi connectivity index (χ1n) is 4.84. The van der Waals surface area contributed by atoms with Crippen molar-refractivity contribution in [2.75, 3.05) is 13.2 Å². The molecule has 0 amide bonds. The summed E-state index contributed by atoms with van der Waals surface area (Å²) in [5.41, 5.74) is 0. The summed E-state index contributed by atoms with van der Waals surface area (Å²) >= 11 is 5.09. The summed E-state index contributed by atoms with van der Waals surface area (Å²) in [5.74, 6) is 0. The van der Waals surface area contributed by atoms with E-state index in [2.05, 4.69) is 24.5 Å². The van der Waals surface area contributed by atoms with Gasteiger partial charge in [-0.2, -0.15) is 0 Å². The fraction of sp³-hybridized carbons (Fsp3) is 0.889. The van der Waals surface area contributed by atoms with Gasteiger partial charge in [-0.25, -0.2) is 0 Å². The van der Waals surface area contributed by atoms with E-state index >= 15 is 0 Å². The van der Waals surface area contributed by atoms with Crippen molar-refractivity contribution >= 4 is 17.3 Å². The largest absolute Gasteiger partial charge is 0.376 e. The van der Waals surface area contributed by atoms with Crippen LogP contribution in [-0.4, -0.2) is 30.4 Å². The highest BCUT2D eigenvalue weighted by molar-refractivity contribution is 7.80. The first-order valence-corrected chi connectivity index (χ1v) is 5.25. The van der Waals surface area contributed by atoms with E-state index in [1.807, 2.05) is 0 Å². The quantitative estimate of drug-likeness (QED) is 0.670. The first-order chi connectivity index (χ1) is 6.18. The van der Waals surface area contributed by atoms with Gasteiger partial charge in [0, 0.05) is 19.2 Å². The molecular weight excluding hydrogens is 184 g/mol. The zero-order chi connectivity index (χ0) is 9.68. The Balaban J connectivity index is 2.07. The molecule has 0 bridgehead atoms. The van der Waals surface area contributed by atoms with Crippen molar-refractivity contribution in [3.8, 4) is 0 Å². The highest BCUT2D eigenvalue weighted by atomic mass is 32.1. The van der Waals surface area contributed by atoms with Crippen molar-refractivity contribution in [1.82, 2.24) is 10.6 Å². The average Bonchev–Trinajstić information content (AvgIpc) is 2.51. The molecule has 1 heterocycles. The van der Waals surface area contributed by atoms with Gasteiger partial charge in [0.1, 0.15) is 0 Å². The standard InChI is InChI=1S/C9H18N2OS/c1-7(2)11-9(13)10-6-8-4-3-5-12-8/h7-8H,3-6H2,1-2H3,(H2,10,11,13)/t8-/m0/s1. The van der Waals surface area contributed by atoms with Gasteiger partial charge in [-0.3, -0.25) is 0 Å². The highest BCUT2D eigenvalue weighted by Crippen LogP contribution is 2.10. The maximum atomic E-state index is 5.46. The summed E-state index contributed by atoms with van der Waals surface area (Å²) in [5, 5.41) is 7.01. The van der Waals surface area contributed by atoms with Gasteiger partial charge in [-0.05, 0) is 38.9 Å². The van der Waals surface area contributed by atoms with E-state index in [0.29, 0.717) is 12.1 Å². The molecular formula is C9H18N2OS. The molecule has 0 saturated carbocycles. The summed E-state index contributed by atoms with van der Waals surface area (Å²) < 4.78 is 5.46. The second kappa shape index (κ2) is 5.40. The third-order valence-electron chi connectivity index (χ3n) is 1.93. The monoisotopic (exact) mass is 202 g/mol. The van der Waals surface area contributed by atoms with Crippen molar-refractivity contribution in [2.45, 2.75) is 38.8 Å². The van der Waals surface area contributed by atoms with E-state index in [4.69, 9.17) is 17.0 Å². The van der Waals surface area contributed by atoms with Crippen LogP contribution in [0.15, 0.2) is 0 Å². The molecule has 1 fully saturated rings. The lowest BCUT2D eigenvalue weighted by Crippen LogP contribution is -2.42. The normalized spacial score (nSPS) is 21.9. The maximum absolute atomic E-state index is 5.46. The van der Waals surface area contributed by atoms with Crippen LogP contribution in [0.5, 0.6) is 0 Å². The Morgan fingerprint density at radius 2 is 2.38 bits per heavy atom. The van der Waals surface area contributed by atoms with E-state index in [-0.39, 0.29) is 0 Å². The van der Waals surface area contributed by atoms with E-state index in [1.165, 1.54) is 6.42 Å². The Hall–Kier alpha value is -0.350. The SMILES string of the molecule is CC(C)NC(=S)NC[C@@H]1CCCO1. The minimum atomic E-state index is 0.354. The molecule has 1 aliphatic rings. The highest BCUT2D eigenvalue weighted by Gasteiger charge is 2.15. The van der Waals surface area contributed by atoms with E-state index < -0.39 is 0 Å². The van der Waals surface area contributed by atoms with Gasteiger partial charge < -0.3 is 15.4 Å². The van der Waals surface area contributed by atoms with Crippen LogP contribution in [0, 0.1) is 0 Å². The third-order valence-corrected chi connectivity index (χ3v) is 2.20. The zero-order valence-electron chi connectivity index (χ0n) is 8.30. The van der Waals surface area contributed by atoms with Crippen LogP contribution in [0.4, 0.5) is 0 Å². The van der Waals surface area contributed by atoms with Gasteiger partial charge in [0.2, 0.25) is 0 Å². The second-order valence-electron chi connectivity index (χ2n) is 3.64. The van der Waals surface area contributed by atoms with Crippen LogP contribution < -0.4 is 10.6 Å². The summed E-state index contributed by atoms with van der Waals surface area (Å²) in [6.07, 6.45) is 2.68. The molecule has 0 aromatic carbocycles. The van der Waals surface area contributed by atoms with Gasteiger partial charge >= 0.3 is 0 Å². The summed E-state index contributed by atoms with van der Waals surface area (Å²) in [6.45, 7) is 5.87. The fourth-order valence-electron chi connectivity index (χ4n) is 1.33. The number of hydrogen-bond acceptors (Lipinski definition) is 2. The molecule has 4 heteroatoms. The van der Waals surface area contributed by atoms with Gasteiger partial charge in [-0.1, -0.05) is 0 Å². The first kappa shape index (κ1) is 10.7. The number of ether oxygens (including phenoxy) is 1. The molecule has 0 spiro atoms. The van der Waals surface area contributed by atoms with E-state index in [9.17, 15) is 0 Å². The van der Waals surface area contributed by atoms with E-state index in [1.54, 1.807) is 0 Å². The van der Waals surface area contributed by atoms with Gasteiger partial charge in [0.05, 0.1) is 6.10 Å². The van der Waals surface area contributed by atoms with Crippen LogP contribution in [0.1, 0.15) is 26.7 Å². The van der Waals surface area contributed by atoms with Crippen LogP contribution in [0.25, 0.3) is 0 Å². The lowest BCUT2D eigenvalue weighted by molar-refractivity contribution is 0.114. The molecule has 1 saturated heterocycles. The predicted molar refractivity (Wildman–Crippen MR) is 57.8 cm³/mol. The molecule has 0 aromatic rings. The second-order valence-corrected chi connectivity index (χ2v) is 4.05. The van der Waals surface area contributed by atoms with Crippen LogP contribution >= 0.6 is 12.2 Å². The third kappa shape index (κ3) is 4.43. The van der Waals surface area contributed by atoms with E-state index in [0.717, 1.165) is 24.7 Å². The molecule has 0 aliphatic carbocycles. The Kier molecular flexibility index (Phi) is 4.45. The molecule has 0 radical (unpaired) electrons. The fourth-order valence-corrected chi connectivity index (χ4v) is 1.64. The molecule has 2 N–H and O–H groups in total. The molecule has 1 atom stereocenters. The van der Waals surface area contributed by atoms with Crippen molar-refractivity contribution in [2.24, 2.45) is 0 Å². The Morgan fingerprint density at radius 1 is 1.62 bits per heavy atom. The van der Waals surface area contributed by atoms with Gasteiger partial charge in [0.25, 0.3) is 0 Å². The molecule has 13 heavy (non-hydrogen) atoms. The Morgan fingerprint density at radius 3 is 2.92 bits per heavy atom. The van der Waals surface area contributed by atoms with Gasteiger partial charge in [0.15, 0.2) is 5.11 Å². The minimum Gasteiger partial charge on any atom is -0.376 e. The number of nitrogens with one attached hydrogen (secondary N) is 2. The Labute approximate surface area is 85.2 Å². The molecule has 3 nitrogen and oxygen atoms in total. The number of hydrogen-bond donors (Lipinski definition) is 2. The number of rotatable bonds is 3. The lowest BCUT2D eigenvalue weighted by Gasteiger charge is -2.15. The lowest BCUT2D eigenvalue weighted by atomic mass is 10.2. The molecule has 1 aliphatic heterocycles. The van der Waals surface area contributed by atoms with Gasteiger partial charge in [-0.15, -0.1) is 0 Å². The number of thiocarbonyl (C=S) groups is 1. The molecule has 76 valence electrons.